The molecule has 0 atom stereocenters. The molecule has 0 aliphatic heterocycles. The Bertz CT molecular complexity index is 281. The normalized spacial score (nSPS) is 10.1. The molecule has 1 aromatic rings. The second-order valence-electron chi connectivity index (χ2n) is 2.52. The fourth-order valence-corrected chi connectivity index (χ4v) is 1.05. The number of nitrogens with zero attached hydrogens (tertiary/aromatic N) is 2. The Kier molecular flexibility index (Phi) is 4.25. The number of halogens is 2. The minimum atomic E-state index is 0.250. The molecule has 0 aliphatic carbocycles. The van der Waals surface area contributed by atoms with Crippen molar-refractivity contribution < 1.29 is 4.74 Å². The molecule has 0 unspecified atom stereocenters. The Morgan fingerprint density at radius 1 is 1.38 bits per heavy atom. The molecule has 1 rings (SSSR count). The van der Waals surface area contributed by atoms with Crippen LogP contribution >= 0.6 is 23.2 Å². The summed E-state index contributed by atoms with van der Waals surface area (Å²) in [6.45, 7) is 2.71. The number of aromatic nitrogens is 2. The highest BCUT2D eigenvalue weighted by Crippen LogP contribution is 2.23. The van der Waals surface area contributed by atoms with Crippen LogP contribution in [0.3, 0.4) is 0 Å². The van der Waals surface area contributed by atoms with Crippen molar-refractivity contribution in [1.29, 1.82) is 0 Å². The van der Waals surface area contributed by atoms with Crippen LogP contribution in [0, 0.1) is 0 Å². The van der Waals surface area contributed by atoms with Gasteiger partial charge in [-0.3, -0.25) is 0 Å². The predicted molar refractivity (Wildman–Crippen MR) is 52.5 cm³/mol. The smallest absolute Gasteiger partial charge is 0.193 e. The summed E-state index contributed by atoms with van der Waals surface area (Å²) in [6.07, 6.45) is 2.06. The van der Waals surface area contributed by atoms with Gasteiger partial charge in [-0.15, -0.1) is 10.2 Å². The van der Waals surface area contributed by atoms with E-state index in [2.05, 4.69) is 17.1 Å². The molecule has 0 spiro atoms. The van der Waals surface area contributed by atoms with Gasteiger partial charge in [0, 0.05) is 6.07 Å². The first kappa shape index (κ1) is 10.5. The maximum atomic E-state index is 5.72. The molecule has 0 bridgehead atoms. The van der Waals surface area contributed by atoms with Gasteiger partial charge in [0.15, 0.2) is 16.1 Å². The van der Waals surface area contributed by atoms with Crippen molar-refractivity contribution in [2.24, 2.45) is 0 Å². The van der Waals surface area contributed by atoms with Gasteiger partial charge in [-0.05, 0) is 6.42 Å². The van der Waals surface area contributed by atoms with Crippen LogP contribution in [-0.2, 0) is 0 Å². The highest BCUT2D eigenvalue weighted by Gasteiger charge is 2.04. The van der Waals surface area contributed by atoms with Gasteiger partial charge in [-0.25, -0.2) is 0 Å². The minimum Gasteiger partial charge on any atom is -0.490 e. The summed E-state index contributed by atoms with van der Waals surface area (Å²) in [4.78, 5) is 0. The monoisotopic (exact) mass is 220 g/mol. The standard InChI is InChI=1S/C8H10Cl2N2O/c1-2-3-4-13-6-5-7(9)11-12-8(6)10/h5H,2-4H2,1H3. The van der Waals surface area contributed by atoms with E-state index in [-0.39, 0.29) is 10.3 Å². The summed E-state index contributed by atoms with van der Waals surface area (Å²) < 4.78 is 5.34. The third-order valence-electron chi connectivity index (χ3n) is 1.44. The maximum absolute atomic E-state index is 5.72. The average molecular weight is 221 g/mol. The van der Waals surface area contributed by atoms with Gasteiger partial charge in [0.25, 0.3) is 0 Å². The molecule has 1 heterocycles. The number of unbranched alkanes of at least 4 members (excludes halogenated alkanes) is 1. The van der Waals surface area contributed by atoms with E-state index in [1.54, 1.807) is 6.07 Å². The summed E-state index contributed by atoms with van der Waals surface area (Å²) >= 11 is 11.3. The summed E-state index contributed by atoms with van der Waals surface area (Å²) in [5, 5.41) is 7.73. The van der Waals surface area contributed by atoms with Crippen LogP contribution in [0.4, 0.5) is 0 Å². The topological polar surface area (TPSA) is 35.0 Å². The summed E-state index contributed by atoms with van der Waals surface area (Å²) in [6, 6.07) is 1.56. The molecule has 5 heteroatoms. The van der Waals surface area contributed by atoms with Gasteiger partial charge in [0.05, 0.1) is 6.61 Å². The molecule has 0 aromatic carbocycles. The molecule has 1 aromatic heterocycles. The van der Waals surface area contributed by atoms with Crippen molar-refractivity contribution in [3.63, 3.8) is 0 Å². The molecule has 0 saturated carbocycles. The Hall–Kier alpha value is -0.540. The first-order valence-corrected chi connectivity index (χ1v) is 4.81. The molecule has 0 fully saturated rings. The Balaban J connectivity index is 2.59. The van der Waals surface area contributed by atoms with Crippen molar-refractivity contribution in [2.45, 2.75) is 19.8 Å². The van der Waals surface area contributed by atoms with E-state index in [4.69, 9.17) is 27.9 Å². The molecule has 13 heavy (non-hydrogen) atoms. The van der Waals surface area contributed by atoms with Crippen LogP contribution in [0.25, 0.3) is 0 Å². The van der Waals surface area contributed by atoms with E-state index >= 15 is 0 Å². The van der Waals surface area contributed by atoms with Crippen LogP contribution in [-0.4, -0.2) is 16.8 Å². The lowest BCUT2D eigenvalue weighted by Crippen LogP contribution is -1.98. The quantitative estimate of drug-likeness (QED) is 0.733. The predicted octanol–water partition coefficient (Wildman–Crippen LogP) is 2.96. The number of rotatable bonds is 4. The molecule has 0 saturated heterocycles. The van der Waals surface area contributed by atoms with Crippen LogP contribution in [0.2, 0.25) is 10.3 Å². The van der Waals surface area contributed by atoms with Crippen molar-refractivity contribution in [2.75, 3.05) is 6.61 Å². The fraction of sp³-hybridized carbons (Fsp3) is 0.500. The van der Waals surface area contributed by atoms with Gasteiger partial charge >= 0.3 is 0 Å². The van der Waals surface area contributed by atoms with Gasteiger partial charge in [-0.1, -0.05) is 36.5 Å². The van der Waals surface area contributed by atoms with Gasteiger partial charge in [0.2, 0.25) is 0 Å². The van der Waals surface area contributed by atoms with Crippen molar-refractivity contribution >= 4 is 23.2 Å². The Morgan fingerprint density at radius 2 is 2.15 bits per heavy atom. The van der Waals surface area contributed by atoms with E-state index in [0.29, 0.717) is 12.4 Å². The van der Waals surface area contributed by atoms with E-state index in [1.807, 2.05) is 0 Å². The molecule has 72 valence electrons. The van der Waals surface area contributed by atoms with E-state index in [0.717, 1.165) is 12.8 Å². The SMILES string of the molecule is CCCCOc1cc(Cl)nnc1Cl. The zero-order valence-corrected chi connectivity index (χ0v) is 8.77. The van der Waals surface area contributed by atoms with Gasteiger partial charge < -0.3 is 4.74 Å². The first-order valence-electron chi connectivity index (χ1n) is 4.05. The van der Waals surface area contributed by atoms with Crippen LogP contribution in [0.15, 0.2) is 6.07 Å². The highest BCUT2D eigenvalue weighted by atomic mass is 35.5. The zero-order chi connectivity index (χ0) is 9.68. The first-order chi connectivity index (χ1) is 6.24. The fourth-order valence-electron chi connectivity index (χ4n) is 0.765. The molecule has 0 aliphatic rings. The van der Waals surface area contributed by atoms with Crippen LogP contribution < -0.4 is 4.74 Å². The van der Waals surface area contributed by atoms with E-state index in [9.17, 15) is 0 Å². The summed E-state index contributed by atoms with van der Waals surface area (Å²) in [7, 11) is 0. The van der Waals surface area contributed by atoms with E-state index < -0.39 is 0 Å². The van der Waals surface area contributed by atoms with Crippen molar-refractivity contribution in [3.05, 3.63) is 16.4 Å². The van der Waals surface area contributed by atoms with Gasteiger partial charge in [0.1, 0.15) is 0 Å². The third-order valence-corrected chi connectivity index (χ3v) is 1.89. The zero-order valence-electron chi connectivity index (χ0n) is 7.26. The van der Waals surface area contributed by atoms with Crippen LogP contribution in [0.1, 0.15) is 19.8 Å². The minimum absolute atomic E-state index is 0.250. The number of hydrogen-bond donors (Lipinski definition) is 0. The maximum Gasteiger partial charge on any atom is 0.193 e. The lowest BCUT2D eigenvalue weighted by atomic mass is 10.4. The molecule has 0 amide bonds. The highest BCUT2D eigenvalue weighted by molar-refractivity contribution is 6.32. The van der Waals surface area contributed by atoms with Gasteiger partial charge in [-0.2, -0.15) is 0 Å². The van der Waals surface area contributed by atoms with Crippen LogP contribution in [0.5, 0.6) is 5.75 Å². The Morgan fingerprint density at radius 3 is 2.85 bits per heavy atom. The van der Waals surface area contributed by atoms with Crippen molar-refractivity contribution in [3.8, 4) is 5.75 Å². The van der Waals surface area contributed by atoms with E-state index in [1.165, 1.54) is 0 Å². The number of hydrogen-bond acceptors (Lipinski definition) is 3. The number of ether oxygens (including phenoxy) is 1. The largest absolute Gasteiger partial charge is 0.490 e. The molecule has 3 nitrogen and oxygen atoms in total. The third kappa shape index (κ3) is 3.36. The van der Waals surface area contributed by atoms with Crippen molar-refractivity contribution in [1.82, 2.24) is 10.2 Å². The molecular weight excluding hydrogens is 211 g/mol. The summed E-state index contributed by atoms with van der Waals surface area (Å²) in [5.74, 6) is 0.495. The summed E-state index contributed by atoms with van der Waals surface area (Å²) in [5.41, 5.74) is 0. The molecular formula is C8H10Cl2N2O. The lowest BCUT2D eigenvalue weighted by molar-refractivity contribution is 0.308. The second kappa shape index (κ2) is 5.25. The lowest BCUT2D eigenvalue weighted by Gasteiger charge is -2.05. The molecule has 0 N–H and O–H groups in total. The molecule has 0 radical (unpaired) electrons. The average Bonchev–Trinajstić information content (AvgIpc) is 2.11. The Labute approximate surface area is 87.0 Å². The second-order valence-corrected chi connectivity index (χ2v) is 3.27.